The topological polar surface area (TPSA) is 133 Å². The first kappa shape index (κ1) is 29.3. The number of amides is 1. The van der Waals surface area contributed by atoms with Crippen LogP contribution in [0.5, 0.6) is 0 Å². The molecule has 3 aliphatic rings. The molecule has 2 aliphatic heterocycles. The van der Waals surface area contributed by atoms with Crippen molar-refractivity contribution in [1.82, 2.24) is 4.90 Å². The Morgan fingerprint density at radius 2 is 1.68 bits per heavy atom. The highest BCUT2D eigenvalue weighted by Crippen LogP contribution is 2.49. The first-order chi connectivity index (χ1) is 20.9. The highest BCUT2D eigenvalue weighted by atomic mass is 28.4. The van der Waals surface area contributed by atoms with Crippen LogP contribution in [0, 0.1) is 16.0 Å². The maximum Gasteiger partial charge on any atom is 0.355 e. The van der Waals surface area contributed by atoms with Crippen LogP contribution in [-0.4, -0.2) is 54.2 Å². The van der Waals surface area contributed by atoms with E-state index in [1.54, 1.807) is 30.3 Å². The van der Waals surface area contributed by atoms with E-state index in [-0.39, 0.29) is 41.8 Å². The Morgan fingerprint density at radius 3 is 2.32 bits per heavy atom. The molecule has 3 aromatic carbocycles. The van der Waals surface area contributed by atoms with Gasteiger partial charge in [-0.1, -0.05) is 12.1 Å². The summed E-state index contributed by atoms with van der Waals surface area (Å²) < 4.78 is 11.9. The molecule has 0 radical (unpaired) electrons. The van der Waals surface area contributed by atoms with E-state index in [0.29, 0.717) is 50.9 Å². The number of nitro benzene ring substituents is 1. The first-order valence-corrected chi connectivity index (χ1v) is 17.7. The molecule has 0 spiro atoms. The van der Waals surface area contributed by atoms with Gasteiger partial charge >= 0.3 is 5.97 Å². The predicted molar refractivity (Wildman–Crippen MR) is 163 cm³/mol. The lowest BCUT2D eigenvalue weighted by molar-refractivity contribution is -0.384. The van der Waals surface area contributed by atoms with E-state index in [2.05, 4.69) is 19.6 Å². The van der Waals surface area contributed by atoms with E-state index in [4.69, 9.17) is 9.16 Å². The van der Waals surface area contributed by atoms with Gasteiger partial charge in [0.15, 0.2) is 14.1 Å². The van der Waals surface area contributed by atoms with Crippen LogP contribution in [0.3, 0.4) is 0 Å². The molecule has 1 amide bonds. The second-order valence-electron chi connectivity index (χ2n) is 12.3. The number of carbonyl (C=O) groups is 4. The lowest BCUT2D eigenvalue weighted by Gasteiger charge is -2.47. The fraction of sp³-hybridized carbons (Fsp3) is 0.273. The van der Waals surface area contributed by atoms with Gasteiger partial charge in [0.25, 0.3) is 5.69 Å². The molecule has 3 atom stereocenters. The number of fused-ring (bicyclic) bond motifs is 4. The van der Waals surface area contributed by atoms with Crippen molar-refractivity contribution < 1.29 is 33.3 Å². The standard InChI is InChI=1S/C33H30N2O8Si/c1-18(43-44(2,3)4)29-28-15-25(21-8-12-24-27(14-21)26-13-20(16-36)7-11-23(26)31(24)37)30(34(28)32(29)38)33(39)42-17-19-5-9-22(10-6-19)35(40)41/h5-14,16,18,28-29H,15,17H2,1-4H3/t18-,28-,29-/m1/s1. The number of hydrogen-bond donors (Lipinski definition) is 0. The number of ketones is 1. The number of aldehydes is 1. The molecule has 11 heteroatoms. The van der Waals surface area contributed by atoms with E-state index in [1.807, 2.05) is 13.0 Å². The largest absolute Gasteiger partial charge is 0.456 e. The van der Waals surface area contributed by atoms with Crippen LogP contribution in [0.25, 0.3) is 16.7 Å². The van der Waals surface area contributed by atoms with Gasteiger partial charge in [-0.2, -0.15) is 0 Å². The maximum absolute atomic E-state index is 13.7. The lowest BCUT2D eigenvalue weighted by atomic mass is 9.82. The molecule has 1 fully saturated rings. The third-order valence-electron chi connectivity index (χ3n) is 8.29. The van der Waals surface area contributed by atoms with Crippen molar-refractivity contribution in [2.75, 3.05) is 0 Å². The number of rotatable bonds is 9. The van der Waals surface area contributed by atoms with Gasteiger partial charge in [0.05, 0.1) is 23.0 Å². The van der Waals surface area contributed by atoms with Crippen molar-refractivity contribution in [3.8, 4) is 11.1 Å². The van der Waals surface area contributed by atoms with Gasteiger partial charge in [0.1, 0.15) is 18.6 Å². The zero-order valence-electron chi connectivity index (χ0n) is 24.7. The third kappa shape index (κ3) is 4.97. The van der Waals surface area contributed by atoms with E-state index in [1.165, 1.54) is 29.2 Å². The maximum atomic E-state index is 13.7. The van der Waals surface area contributed by atoms with Crippen LogP contribution >= 0.6 is 0 Å². The Morgan fingerprint density at radius 1 is 1.02 bits per heavy atom. The Labute approximate surface area is 254 Å². The molecule has 0 aromatic heterocycles. The molecular weight excluding hydrogens is 580 g/mol. The highest BCUT2D eigenvalue weighted by molar-refractivity contribution is 6.69. The fourth-order valence-corrected chi connectivity index (χ4v) is 7.68. The van der Waals surface area contributed by atoms with Gasteiger partial charge < -0.3 is 14.1 Å². The molecule has 10 nitrogen and oxygen atoms in total. The summed E-state index contributed by atoms with van der Waals surface area (Å²) in [4.78, 5) is 63.8. The predicted octanol–water partition coefficient (Wildman–Crippen LogP) is 5.54. The summed E-state index contributed by atoms with van der Waals surface area (Å²) in [6.45, 7) is 7.93. The van der Waals surface area contributed by atoms with Crippen LogP contribution < -0.4 is 0 Å². The second-order valence-corrected chi connectivity index (χ2v) is 16.7. The molecular formula is C33H30N2O8Si. The van der Waals surface area contributed by atoms with Crippen LogP contribution in [0.4, 0.5) is 5.69 Å². The monoisotopic (exact) mass is 610 g/mol. The Kier molecular flexibility index (Phi) is 7.17. The van der Waals surface area contributed by atoms with Crippen LogP contribution in [0.15, 0.2) is 66.4 Å². The van der Waals surface area contributed by atoms with Crippen molar-refractivity contribution in [2.24, 2.45) is 5.92 Å². The number of esters is 1. The molecule has 0 unspecified atom stereocenters. The molecule has 44 heavy (non-hydrogen) atoms. The molecule has 2 heterocycles. The minimum Gasteiger partial charge on any atom is -0.456 e. The Bertz CT molecular complexity index is 1790. The van der Waals surface area contributed by atoms with Crippen molar-refractivity contribution in [1.29, 1.82) is 0 Å². The van der Waals surface area contributed by atoms with Crippen molar-refractivity contribution in [3.05, 3.63) is 104 Å². The fourth-order valence-electron chi connectivity index (χ4n) is 6.42. The number of non-ortho nitro benzene ring substituents is 1. The molecule has 0 saturated carbocycles. The lowest BCUT2D eigenvalue weighted by Crippen LogP contribution is -2.63. The number of β-lactam (4-membered cyclic amide) rings is 1. The van der Waals surface area contributed by atoms with E-state index in [0.717, 1.165) is 6.29 Å². The van der Waals surface area contributed by atoms with Crippen molar-refractivity contribution in [3.63, 3.8) is 0 Å². The van der Waals surface area contributed by atoms with E-state index in [9.17, 15) is 29.3 Å². The molecule has 3 aromatic rings. The molecule has 224 valence electrons. The van der Waals surface area contributed by atoms with Gasteiger partial charge in [-0.25, -0.2) is 4.79 Å². The zero-order valence-corrected chi connectivity index (χ0v) is 25.7. The van der Waals surface area contributed by atoms with Gasteiger partial charge in [0.2, 0.25) is 5.91 Å². The molecule has 1 aliphatic carbocycles. The SMILES string of the molecule is C[C@@H](O[Si](C)(C)C)[C@H]1C(=O)N2C(C(=O)OCc3ccc([N+](=O)[O-])cc3)=C(c3ccc4c(c3)-c3cc(C=O)ccc3C4=O)C[C@H]12. The van der Waals surface area contributed by atoms with Gasteiger partial charge in [-0.3, -0.25) is 24.5 Å². The minimum absolute atomic E-state index is 0.0764. The summed E-state index contributed by atoms with van der Waals surface area (Å²) in [7, 11) is -1.95. The van der Waals surface area contributed by atoms with Crippen molar-refractivity contribution in [2.45, 2.75) is 51.7 Å². The molecule has 0 bridgehead atoms. The quantitative estimate of drug-likeness (QED) is 0.0602. The summed E-state index contributed by atoms with van der Waals surface area (Å²) in [5.41, 5.74) is 4.67. The van der Waals surface area contributed by atoms with Gasteiger partial charge in [-0.15, -0.1) is 0 Å². The minimum atomic E-state index is -1.95. The number of nitrogens with zero attached hydrogens (tertiary/aromatic N) is 2. The molecule has 0 N–H and O–H groups in total. The molecule has 1 saturated heterocycles. The number of benzene rings is 3. The molecule has 6 rings (SSSR count). The number of nitro groups is 1. The normalized spacial score (nSPS) is 19.2. The third-order valence-corrected chi connectivity index (χ3v) is 9.37. The van der Waals surface area contributed by atoms with Crippen LogP contribution in [0.1, 0.15) is 50.8 Å². The average Bonchev–Trinajstić information content (AvgIpc) is 3.47. The van der Waals surface area contributed by atoms with Crippen LogP contribution in [-0.2, 0) is 25.4 Å². The first-order valence-electron chi connectivity index (χ1n) is 14.3. The van der Waals surface area contributed by atoms with Crippen LogP contribution in [0.2, 0.25) is 19.6 Å². The Balaban J connectivity index is 1.36. The summed E-state index contributed by atoms with van der Waals surface area (Å²) in [5, 5.41) is 11.0. The second kappa shape index (κ2) is 10.8. The summed E-state index contributed by atoms with van der Waals surface area (Å²) in [5.74, 6) is -1.47. The summed E-state index contributed by atoms with van der Waals surface area (Å²) >= 11 is 0. The van der Waals surface area contributed by atoms with E-state index >= 15 is 0 Å². The summed E-state index contributed by atoms with van der Waals surface area (Å²) in [6.07, 6.45) is 0.788. The number of ether oxygens (including phenoxy) is 1. The number of hydrogen-bond acceptors (Lipinski definition) is 8. The summed E-state index contributed by atoms with van der Waals surface area (Å²) in [6, 6.07) is 15.7. The average molecular weight is 611 g/mol. The smallest absolute Gasteiger partial charge is 0.355 e. The van der Waals surface area contributed by atoms with Crippen molar-refractivity contribution >= 4 is 43.5 Å². The van der Waals surface area contributed by atoms with Gasteiger partial charge in [0, 0.05) is 28.8 Å². The zero-order chi connectivity index (χ0) is 31.5. The van der Waals surface area contributed by atoms with E-state index < -0.39 is 25.1 Å². The number of carbonyl (C=O) groups excluding carboxylic acids is 4. The van der Waals surface area contributed by atoms with Gasteiger partial charge in [-0.05, 0) is 97.2 Å². The Hall–Kier alpha value is -4.74. The highest BCUT2D eigenvalue weighted by Gasteiger charge is 2.58.